The molecule has 0 unspecified atom stereocenters. The minimum absolute atomic E-state index is 0.0119. The zero-order valence-electron chi connectivity index (χ0n) is 23.8. The van der Waals surface area contributed by atoms with E-state index in [9.17, 15) is 0 Å². The van der Waals surface area contributed by atoms with Gasteiger partial charge in [0.25, 0.3) is 0 Å². The summed E-state index contributed by atoms with van der Waals surface area (Å²) in [5, 5.41) is 2.52. The Kier molecular flexibility index (Phi) is 4.74. The van der Waals surface area contributed by atoms with Crippen molar-refractivity contribution in [3.63, 3.8) is 0 Å². The van der Waals surface area contributed by atoms with Gasteiger partial charge in [0, 0.05) is 27.6 Å². The second kappa shape index (κ2) is 8.82. The van der Waals surface area contributed by atoms with Gasteiger partial charge in [0.15, 0.2) is 0 Å². The van der Waals surface area contributed by atoms with E-state index in [0.717, 1.165) is 28.7 Å². The van der Waals surface area contributed by atoms with E-state index >= 15 is 0 Å². The van der Waals surface area contributed by atoms with Crippen molar-refractivity contribution in [1.29, 1.82) is 0 Å². The summed E-state index contributed by atoms with van der Waals surface area (Å²) in [5.74, 6) is 2.29. The molecule has 0 fully saturated rings. The molecular weight excluding hydrogens is 537 g/mol. The van der Waals surface area contributed by atoms with E-state index in [2.05, 4.69) is 181 Å². The Labute approximate surface area is 255 Å². The molecule has 0 bridgehead atoms. The van der Waals surface area contributed by atoms with Gasteiger partial charge in [-0.15, -0.1) is 0 Å². The SMILES string of the molecule is c1ccc(N2c3cc(-n4c5ccccc5c5ccccc54)cc4c3B(n3cccc32)n2cccc2N4c2ccccc2)cc1. The third-order valence-electron chi connectivity index (χ3n) is 9.23. The molecule has 3 aromatic heterocycles. The number of rotatable bonds is 3. The van der Waals surface area contributed by atoms with Crippen molar-refractivity contribution in [3.05, 3.63) is 158 Å². The van der Waals surface area contributed by atoms with Gasteiger partial charge in [-0.25, -0.2) is 0 Å². The number of benzene rings is 5. The monoisotopic (exact) mass is 563 g/mol. The molecule has 0 aliphatic carbocycles. The highest BCUT2D eigenvalue weighted by molar-refractivity contribution is 6.76. The molecule has 0 spiro atoms. The van der Waals surface area contributed by atoms with Crippen LogP contribution in [-0.4, -0.2) is 20.5 Å². The standard InChI is InChI=1S/C38H26BN5/c1-3-13-27(14-4-1)43-34-25-29(42-32-19-9-7-17-30(32)31-18-8-10-20-33(31)42)26-35-38(34)39(40-23-11-21-36(40)43)41-24-12-22-37(41)44(35)28-15-5-2-6-16-28/h1-26H. The van der Waals surface area contributed by atoms with Crippen LogP contribution in [0.5, 0.6) is 0 Å². The lowest BCUT2D eigenvalue weighted by molar-refractivity contribution is 1.000. The van der Waals surface area contributed by atoms with Gasteiger partial charge in [0.1, 0.15) is 11.6 Å². The fraction of sp³-hybridized carbons (Fsp3) is 0. The first kappa shape index (κ1) is 23.7. The number of aromatic nitrogens is 3. The van der Waals surface area contributed by atoms with Crippen molar-refractivity contribution < 1.29 is 0 Å². The number of fused-ring (bicyclic) bond motifs is 7. The summed E-state index contributed by atoms with van der Waals surface area (Å²) in [6, 6.07) is 52.6. The van der Waals surface area contributed by atoms with Gasteiger partial charge in [-0.3, -0.25) is 9.80 Å². The third kappa shape index (κ3) is 3.09. The Morgan fingerprint density at radius 3 is 1.36 bits per heavy atom. The lowest BCUT2D eigenvalue weighted by atomic mass is 9.62. The van der Waals surface area contributed by atoms with E-state index in [4.69, 9.17) is 0 Å². The summed E-state index contributed by atoms with van der Waals surface area (Å²) >= 11 is 0. The Balaban J connectivity index is 1.36. The first-order chi connectivity index (χ1) is 21.9. The smallest absolute Gasteiger partial charge is 0.353 e. The van der Waals surface area contributed by atoms with Crippen molar-refractivity contribution in [1.82, 2.24) is 13.5 Å². The van der Waals surface area contributed by atoms with Gasteiger partial charge in [-0.05, 0) is 85.2 Å². The minimum atomic E-state index is -0.0119. The summed E-state index contributed by atoms with van der Waals surface area (Å²) in [7, 11) is 0. The zero-order valence-corrected chi connectivity index (χ0v) is 23.8. The van der Waals surface area contributed by atoms with Crippen LogP contribution < -0.4 is 15.3 Å². The molecule has 0 saturated heterocycles. The van der Waals surface area contributed by atoms with Gasteiger partial charge in [0.05, 0.1) is 28.1 Å². The van der Waals surface area contributed by atoms with Crippen LogP contribution in [0.25, 0.3) is 27.5 Å². The molecule has 6 heteroatoms. The Hall–Kier alpha value is -5.88. The molecule has 5 aromatic carbocycles. The van der Waals surface area contributed by atoms with Crippen molar-refractivity contribution >= 4 is 68.6 Å². The first-order valence-corrected chi connectivity index (χ1v) is 15.1. The van der Waals surface area contributed by atoms with E-state index in [1.807, 2.05) is 0 Å². The summed E-state index contributed by atoms with van der Waals surface area (Å²) in [4.78, 5) is 4.84. The summed E-state index contributed by atoms with van der Waals surface area (Å²) < 4.78 is 7.25. The maximum atomic E-state index is 2.43. The Bertz CT molecular complexity index is 2210. The molecule has 0 radical (unpaired) electrons. The van der Waals surface area contributed by atoms with Gasteiger partial charge in [-0.2, -0.15) is 0 Å². The van der Waals surface area contributed by atoms with Crippen molar-refractivity contribution in [2.45, 2.75) is 0 Å². The lowest BCUT2D eigenvalue weighted by Crippen LogP contribution is -2.55. The zero-order chi connectivity index (χ0) is 28.8. The number of para-hydroxylation sites is 4. The molecule has 0 saturated carbocycles. The van der Waals surface area contributed by atoms with Crippen LogP contribution in [0.2, 0.25) is 0 Å². The van der Waals surface area contributed by atoms with E-state index < -0.39 is 0 Å². The molecule has 0 atom stereocenters. The molecule has 44 heavy (non-hydrogen) atoms. The maximum absolute atomic E-state index is 2.43. The highest BCUT2D eigenvalue weighted by atomic mass is 15.3. The van der Waals surface area contributed by atoms with Crippen LogP contribution in [0.15, 0.2) is 158 Å². The maximum Gasteiger partial charge on any atom is 0.426 e. The third-order valence-corrected chi connectivity index (χ3v) is 9.23. The molecule has 8 aromatic rings. The molecular formula is C38H26BN5. The largest absolute Gasteiger partial charge is 0.426 e. The summed E-state index contributed by atoms with van der Waals surface area (Å²) in [5.41, 5.74) is 9.45. The first-order valence-electron chi connectivity index (χ1n) is 15.1. The fourth-order valence-corrected chi connectivity index (χ4v) is 7.49. The Morgan fingerprint density at radius 2 is 0.864 bits per heavy atom. The van der Waals surface area contributed by atoms with Crippen LogP contribution in [0.3, 0.4) is 0 Å². The van der Waals surface area contributed by atoms with Gasteiger partial charge in [-0.1, -0.05) is 72.8 Å². The number of hydrogen-bond donors (Lipinski definition) is 0. The van der Waals surface area contributed by atoms with Crippen LogP contribution in [0.4, 0.5) is 34.4 Å². The molecule has 2 aliphatic rings. The number of anilines is 6. The average molecular weight is 563 g/mol. The summed E-state index contributed by atoms with van der Waals surface area (Å²) in [6.45, 7) is -0.0119. The van der Waals surface area contributed by atoms with E-state index in [1.54, 1.807) is 0 Å². The van der Waals surface area contributed by atoms with Crippen LogP contribution >= 0.6 is 0 Å². The minimum Gasteiger partial charge on any atom is -0.353 e. The lowest BCUT2D eigenvalue weighted by Gasteiger charge is -2.43. The molecule has 5 heterocycles. The molecule has 5 nitrogen and oxygen atoms in total. The number of nitrogens with zero attached hydrogens (tertiary/aromatic N) is 5. The molecule has 206 valence electrons. The molecule has 0 amide bonds. The van der Waals surface area contributed by atoms with Crippen LogP contribution in [0.1, 0.15) is 0 Å². The van der Waals surface area contributed by atoms with Crippen molar-refractivity contribution in [2.24, 2.45) is 0 Å². The second-order valence-electron chi connectivity index (χ2n) is 11.5. The van der Waals surface area contributed by atoms with Crippen molar-refractivity contribution in [2.75, 3.05) is 9.80 Å². The molecule has 10 rings (SSSR count). The predicted molar refractivity (Wildman–Crippen MR) is 182 cm³/mol. The fourth-order valence-electron chi connectivity index (χ4n) is 7.49. The van der Waals surface area contributed by atoms with E-state index in [0.29, 0.717) is 0 Å². The summed E-state index contributed by atoms with van der Waals surface area (Å²) in [6.07, 6.45) is 4.43. The van der Waals surface area contributed by atoms with E-state index in [1.165, 1.54) is 38.6 Å². The van der Waals surface area contributed by atoms with Crippen LogP contribution in [0, 0.1) is 0 Å². The van der Waals surface area contributed by atoms with Crippen LogP contribution in [-0.2, 0) is 0 Å². The highest BCUT2D eigenvalue weighted by Gasteiger charge is 2.44. The Morgan fingerprint density at radius 1 is 0.409 bits per heavy atom. The topological polar surface area (TPSA) is 21.3 Å². The average Bonchev–Trinajstić information content (AvgIpc) is 3.83. The highest BCUT2D eigenvalue weighted by Crippen LogP contribution is 2.47. The van der Waals surface area contributed by atoms with E-state index in [-0.39, 0.29) is 6.98 Å². The molecule has 0 N–H and O–H groups in total. The van der Waals surface area contributed by atoms with Gasteiger partial charge >= 0.3 is 6.98 Å². The predicted octanol–water partition coefficient (Wildman–Crippen LogP) is 8.74. The second-order valence-corrected chi connectivity index (χ2v) is 11.5. The number of hydrogen-bond acceptors (Lipinski definition) is 2. The van der Waals surface area contributed by atoms with Gasteiger partial charge in [0.2, 0.25) is 0 Å². The van der Waals surface area contributed by atoms with Gasteiger partial charge < -0.3 is 13.5 Å². The normalized spacial score (nSPS) is 13.3. The molecule has 2 aliphatic heterocycles. The quantitative estimate of drug-likeness (QED) is 0.201. The van der Waals surface area contributed by atoms with Crippen molar-refractivity contribution in [3.8, 4) is 5.69 Å².